The van der Waals surface area contributed by atoms with Crippen LogP contribution in [-0.4, -0.2) is 23.2 Å². The van der Waals surface area contributed by atoms with E-state index < -0.39 is 0 Å². The monoisotopic (exact) mass is 340 g/mol. The highest BCUT2D eigenvalue weighted by molar-refractivity contribution is 7.80. The van der Waals surface area contributed by atoms with Gasteiger partial charge in [-0.05, 0) is 60.8 Å². The van der Waals surface area contributed by atoms with Gasteiger partial charge in [0, 0.05) is 43.4 Å². The van der Waals surface area contributed by atoms with Gasteiger partial charge in [0.1, 0.15) is 0 Å². The van der Waals surface area contributed by atoms with Crippen LogP contribution in [0.1, 0.15) is 25.3 Å². The average Bonchev–Trinajstić information content (AvgIpc) is 2.61. The smallest absolute Gasteiger partial charge is 0.171 e. The van der Waals surface area contributed by atoms with E-state index in [1.165, 1.54) is 30.6 Å². The van der Waals surface area contributed by atoms with E-state index in [1.54, 1.807) is 12.4 Å². The Morgan fingerprint density at radius 2 is 1.96 bits per heavy atom. The summed E-state index contributed by atoms with van der Waals surface area (Å²) in [7, 11) is 0. The topological polar surface area (TPSA) is 40.2 Å². The summed E-state index contributed by atoms with van der Waals surface area (Å²) in [6.45, 7) is 5.38. The second-order valence-electron chi connectivity index (χ2n) is 6.40. The number of aromatic nitrogens is 1. The Hall–Kier alpha value is -2.14. The number of nitrogens with zero attached hydrogens (tertiary/aromatic N) is 2. The van der Waals surface area contributed by atoms with Crippen molar-refractivity contribution in [2.24, 2.45) is 5.92 Å². The molecular weight excluding hydrogens is 316 g/mol. The quantitative estimate of drug-likeness (QED) is 0.829. The van der Waals surface area contributed by atoms with E-state index in [9.17, 15) is 0 Å². The number of rotatable bonds is 4. The first-order valence-electron chi connectivity index (χ1n) is 8.49. The Kier molecular flexibility index (Phi) is 5.64. The summed E-state index contributed by atoms with van der Waals surface area (Å²) in [5.74, 6) is 0.789. The first-order chi connectivity index (χ1) is 11.7. The van der Waals surface area contributed by atoms with Crippen molar-refractivity contribution in [1.82, 2.24) is 10.3 Å². The highest BCUT2D eigenvalue weighted by Gasteiger charge is 2.16. The third kappa shape index (κ3) is 4.68. The van der Waals surface area contributed by atoms with Gasteiger partial charge in [-0.2, -0.15) is 0 Å². The van der Waals surface area contributed by atoms with Crippen LogP contribution in [0.25, 0.3) is 0 Å². The molecule has 1 saturated heterocycles. The van der Waals surface area contributed by atoms with Crippen molar-refractivity contribution in [1.29, 1.82) is 0 Å². The lowest BCUT2D eigenvalue weighted by Crippen LogP contribution is -2.34. The lowest BCUT2D eigenvalue weighted by molar-refractivity contribution is 0.447. The number of thiocarbonyl (C=S) groups is 1. The maximum Gasteiger partial charge on any atom is 0.171 e. The second kappa shape index (κ2) is 8.11. The Labute approximate surface area is 149 Å². The minimum absolute atomic E-state index is 0.620. The maximum absolute atomic E-state index is 5.33. The molecule has 0 bridgehead atoms. The van der Waals surface area contributed by atoms with Gasteiger partial charge in [-0.15, -0.1) is 0 Å². The molecule has 1 aliphatic heterocycles. The van der Waals surface area contributed by atoms with Crippen molar-refractivity contribution in [2.75, 3.05) is 23.3 Å². The van der Waals surface area contributed by atoms with E-state index in [-0.39, 0.29) is 0 Å². The molecule has 0 saturated carbocycles. The first kappa shape index (κ1) is 16.7. The van der Waals surface area contributed by atoms with E-state index in [2.05, 4.69) is 51.7 Å². The predicted molar refractivity (Wildman–Crippen MR) is 104 cm³/mol. The predicted octanol–water partition coefficient (Wildman–Crippen LogP) is 3.80. The average molecular weight is 340 g/mol. The summed E-state index contributed by atoms with van der Waals surface area (Å²) in [6, 6.07) is 12.6. The lowest BCUT2D eigenvalue weighted by Gasteiger charge is -2.32. The zero-order valence-electron chi connectivity index (χ0n) is 14.0. The maximum atomic E-state index is 5.33. The fourth-order valence-corrected chi connectivity index (χ4v) is 3.23. The largest absolute Gasteiger partial charge is 0.371 e. The Balaban J connectivity index is 1.50. The minimum Gasteiger partial charge on any atom is -0.371 e. The number of benzene rings is 1. The fraction of sp³-hybridized carbons (Fsp3) is 0.368. The van der Waals surface area contributed by atoms with E-state index in [0.29, 0.717) is 11.7 Å². The van der Waals surface area contributed by atoms with Gasteiger partial charge in [0.25, 0.3) is 0 Å². The highest BCUT2D eigenvalue weighted by atomic mass is 32.1. The number of anilines is 2. The van der Waals surface area contributed by atoms with Gasteiger partial charge in [-0.25, -0.2) is 0 Å². The van der Waals surface area contributed by atoms with Gasteiger partial charge in [0.05, 0.1) is 0 Å². The number of piperidine rings is 1. The van der Waals surface area contributed by atoms with E-state index in [4.69, 9.17) is 12.2 Å². The Morgan fingerprint density at radius 3 is 2.67 bits per heavy atom. The van der Waals surface area contributed by atoms with Crippen LogP contribution in [0.4, 0.5) is 11.4 Å². The fourth-order valence-electron chi connectivity index (χ4n) is 3.04. The van der Waals surface area contributed by atoms with Gasteiger partial charge < -0.3 is 15.5 Å². The molecule has 2 N–H and O–H groups in total. The molecule has 1 aliphatic rings. The Morgan fingerprint density at radius 1 is 1.21 bits per heavy atom. The molecular formula is C19H24N4S. The zero-order chi connectivity index (χ0) is 16.8. The number of hydrogen-bond acceptors (Lipinski definition) is 3. The van der Waals surface area contributed by atoms with Gasteiger partial charge in [0.2, 0.25) is 0 Å². The number of hydrogen-bond donors (Lipinski definition) is 2. The van der Waals surface area contributed by atoms with Crippen molar-refractivity contribution in [2.45, 2.75) is 26.3 Å². The first-order valence-corrected chi connectivity index (χ1v) is 8.90. The van der Waals surface area contributed by atoms with Crippen molar-refractivity contribution < 1.29 is 0 Å². The van der Waals surface area contributed by atoms with Gasteiger partial charge in [-0.3, -0.25) is 4.98 Å². The summed E-state index contributed by atoms with van der Waals surface area (Å²) in [4.78, 5) is 6.48. The molecule has 1 atom stereocenters. The summed E-state index contributed by atoms with van der Waals surface area (Å²) < 4.78 is 0. The third-order valence-corrected chi connectivity index (χ3v) is 4.60. The summed E-state index contributed by atoms with van der Waals surface area (Å²) in [6.07, 6.45) is 6.12. The second-order valence-corrected chi connectivity index (χ2v) is 6.81. The van der Waals surface area contributed by atoms with Crippen molar-refractivity contribution in [3.8, 4) is 0 Å². The summed E-state index contributed by atoms with van der Waals surface area (Å²) in [5.41, 5.74) is 3.49. The normalized spacial score (nSPS) is 17.4. The molecule has 1 aromatic carbocycles. The van der Waals surface area contributed by atoms with E-state index in [1.807, 2.05) is 12.1 Å². The molecule has 5 heteroatoms. The van der Waals surface area contributed by atoms with Gasteiger partial charge in [0.15, 0.2) is 5.11 Å². The third-order valence-electron chi connectivity index (χ3n) is 4.35. The molecule has 1 fully saturated rings. The molecule has 3 rings (SSSR count). The van der Waals surface area contributed by atoms with Crippen LogP contribution in [-0.2, 0) is 6.54 Å². The minimum atomic E-state index is 0.620. The van der Waals surface area contributed by atoms with Crippen LogP contribution in [0.2, 0.25) is 0 Å². The van der Waals surface area contributed by atoms with Gasteiger partial charge >= 0.3 is 0 Å². The highest BCUT2D eigenvalue weighted by Crippen LogP contribution is 2.23. The van der Waals surface area contributed by atoms with E-state index in [0.717, 1.165) is 18.2 Å². The molecule has 0 amide bonds. The standard InChI is InChI=1S/C19H24N4S/c1-15-3-2-12-23(14-15)18-6-4-16(5-7-18)13-21-19(24)22-17-8-10-20-11-9-17/h4-11,15H,2-3,12-14H2,1H3,(H2,20,21,22,24)/t15-/m0/s1. The molecule has 24 heavy (non-hydrogen) atoms. The van der Waals surface area contributed by atoms with Crippen LogP contribution in [0, 0.1) is 5.92 Å². The number of pyridine rings is 1. The molecule has 4 nitrogen and oxygen atoms in total. The summed E-state index contributed by atoms with van der Waals surface area (Å²) >= 11 is 5.33. The molecule has 0 unspecified atom stereocenters. The van der Waals surface area contributed by atoms with Crippen molar-refractivity contribution in [3.63, 3.8) is 0 Å². The molecule has 2 heterocycles. The zero-order valence-corrected chi connectivity index (χ0v) is 14.9. The van der Waals surface area contributed by atoms with Crippen LogP contribution >= 0.6 is 12.2 Å². The molecule has 0 spiro atoms. The molecule has 0 radical (unpaired) electrons. The van der Waals surface area contributed by atoms with Crippen LogP contribution in [0.5, 0.6) is 0 Å². The van der Waals surface area contributed by atoms with Crippen molar-refractivity contribution in [3.05, 3.63) is 54.4 Å². The molecule has 1 aromatic heterocycles. The van der Waals surface area contributed by atoms with Crippen LogP contribution < -0.4 is 15.5 Å². The molecule has 126 valence electrons. The van der Waals surface area contributed by atoms with E-state index >= 15 is 0 Å². The lowest BCUT2D eigenvalue weighted by atomic mass is 9.99. The Bertz CT molecular complexity index is 657. The van der Waals surface area contributed by atoms with Gasteiger partial charge in [-0.1, -0.05) is 19.1 Å². The SMILES string of the molecule is C[C@H]1CCCN(c2ccc(CNC(=S)Nc3ccncc3)cc2)C1. The van der Waals surface area contributed by atoms with Crippen LogP contribution in [0.3, 0.4) is 0 Å². The van der Waals surface area contributed by atoms with Crippen molar-refractivity contribution >= 4 is 28.7 Å². The molecule has 2 aromatic rings. The van der Waals surface area contributed by atoms with Crippen LogP contribution in [0.15, 0.2) is 48.8 Å². The molecule has 0 aliphatic carbocycles. The number of nitrogens with one attached hydrogen (secondary N) is 2. The summed E-state index contributed by atoms with van der Waals surface area (Å²) in [5, 5.41) is 7.01.